The molecule has 0 radical (unpaired) electrons. The number of fused-ring (bicyclic) bond motifs is 1. The van der Waals surface area contributed by atoms with Gasteiger partial charge in [-0.05, 0) is 61.7 Å². The molecular weight excluding hydrogens is 414 g/mol. The van der Waals surface area contributed by atoms with Crippen LogP contribution in [-0.4, -0.2) is 26.6 Å². The number of amides is 2. The number of nitrogens with zero attached hydrogens (tertiary/aromatic N) is 3. The van der Waals surface area contributed by atoms with Crippen molar-refractivity contribution in [3.05, 3.63) is 107 Å². The van der Waals surface area contributed by atoms with E-state index >= 15 is 0 Å². The van der Waals surface area contributed by atoms with E-state index in [4.69, 9.17) is 0 Å². The van der Waals surface area contributed by atoms with Crippen molar-refractivity contribution in [2.45, 2.75) is 25.8 Å². The van der Waals surface area contributed by atoms with Crippen molar-refractivity contribution in [3.63, 3.8) is 0 Å². The third-order valence-corrected chi connectivity index (χ3v) is 5.68. The Morgan fingerprint density at radius 2 is 1.76 bits per heavy atom. The molecule has 7 heteroatoms. The average Bonchev–Trinajstić information content (AvgIpc) is 3.47. The fourth-order valence-electron chi connectivity index (χ4n) is 4.11. The summed E-state index contributed by atoms with van der Waals surface area (Å²) in [5.41, 5.74) is 5.26. The van der Waals surface area contributed by atoms with Crippen molar-refractivity contribution >= 4 is 17.5 Å². The Balaban J connectivity index is 1.32. The van der Waals surface area contributed by atoms with Gasteiger partial charge in [0.05, 0.1) is 17.9 Å². The highest BCUT2D eigenvalue weighted by Crippen LogP contribution is 2.28. The first-order valence-corrected chi connectivity index (χ1v) is 10.9. The molecule has 2 aromatic carbocycles. The van der Waals surface area contributed by atoms with Gasteiger partial charge in [-0.2, -0.15) is 5.10 Å². The normalized spacial score (nSPS) is 12.2. The molecule has 164 valence electrons. The molecule has 7 nitrogen and oxygen atoms in total. The van der Waals surface area contributed by atoms with Crippen molar-refractivity contribution in [3.8, 4) is 5.69 Å². The van der Waals surface area contributed by atoms with Crippen LogP contribution in [0.1, 0.15) is 44.2 Å². The second kappa shape index (κ2) is 9.08. The van der Waals surface area contributed by atoms with Crippen LogP contribution in [0.3, 0.4) is 0 Å². The zero-order valence-electron chi connectivity index (χ0n) is 18.0. The number of para-hydroxylation sites is 1. The predicted octanol–water partition coefficient (Wildman–Crippen LogP) is 3.94. The van der Waals surface area contributed by atoms with E-state index in [0.717, 1.165) is 41.9 Å². The SMILES string of the molecule is O=C(NCc1ccccn1)c1cccc(NC(=O)c2nn(-c3ccccc3)c3c2CCC3)c1. The number of hydrogen-bond acceptors (Lipinski definition) is 4. The van der Waals surface area contributed by atoms with Gasteiger partial charge in [-0.25, -0.2) is 4.68 Å². The number of nitrogens with one attached hydrogen (secondary N) is 2. The molecule has 1 aliphatic rings. The lowest BCUT2D eigenvalue weighted by Gasteiger charge is -2.08. The molecule has 0 saturated heterocycles. The lowest BCUT2D eigenvalue weighted by molar-refractivity contribution is 0.0949. The fourth-order valence-corrected chi connectivity index (χ4v) is 4.11. The Hall–Kier alpha value is -4.26. The highest BCUT2D eigenvalue weighted by atomic mass is 16.2. The van der Waals surface area contributed by atoms with Crippen LogP contribution in [0.15, 0.2) is 79.0 Å². The Kier molecular flexibility index (Phi) is 5.68. The number of carbonyl (C=O) groups is 2. The van der Waals surface area contributed by atoms with Crippen LogP contribution in [-0.2, 0) is 19.4 Å². The molecule has 0 aliphatic heterocycles. The molecule has 0 fully saturated rings. The van der Waals surface area contributed by atoms with Gasteiger partial charge in [0.15, 0.2) is 5.69 Å². The minimum absolute atomic E-state index is 0.231. The van der Waals surface area contributed by atoms with E-state index in [0.29, 0.717) is 23.5 Å². The number of hydrogen-bond donors (Lipinski definition) is 2. The molecule has 2 heterocycles. The molecule has 2 N–H and O–H groups in total. The number of benzene rings is 2. The molecule has 0 unspecified atom stereocenters. The molecule has 0 atom stereocenters. The smallest absolute Gasteiger partial charge is 0.276 e. The van der Waals surface area contributed by atoms with Crippen LogP contribution in [0.4, 0.5) is 5.69 Å². The van der Waals surface area contributed by atoms with Crippen LogP contribution < -0.4 is 10.6 Å². The van der Waals surface area contributed by atoms with Crippen LogP contribution in [0.5, 0.6) is 0 Å². The third-order valence-electron chi connectivity index (χ3n) is 5.68. The van der Waals surface area contributed by atoms with Gasteiger partial charge in [0.1, 0.15) is 0 Å². The second-order valence-electron chi connectivity index (χ2n) is 7.91. The standard InChI is InChI=1S/C26H23N5O2/c32-25(28-17-20-9-4-5-15-27-20)18-8-6-10-19(16-18)29-26(33)24-22-13-7-14-23(22)31(30-24)21-11-2-1-3-12-21/h1-6,8-12,15-16H,7,13-14,17H2,(H,28,32)(H,29,33). The zero-order chi connectivity index (χ0) is 22.6. The molecule has 2 amide bonds. The summed E-state index contributed by atoms with van der Waals surface area (Å²) in [6.45, 7) is 0.333. The summed E-state index contributed by atoms with van der Waals surface area (Å²) in [4.78, 5) is 29.9. The molecule has 2 aromatic heterocycles. The Bertz CT molecular complexity index is 1300. The summed E-state index contributed by atoms with van der Waals surface area (Å²) >= 11 is 0. The number of rotatable bonds is 6. The van der Waals surface area contributed by atoms with E-state index < -0.39 is 0 Å². The predicted molar refractivity (Wildman–Crippen MR) is 125 cm³/mol. The molecule has 33 heavy (non-hydrogen) atoms. The van der Waals surface area contributed by atoms with Crippen molar-refractivity contribution in [2.75, 3.05) is 5.32 Å². The zero-order valence-corrected chi connectivity index (χ0v) is 18.0. The van der Waals surface area contributed by atoms with Crippen LogP contribution >= 0.6 is 0 Å². The number of pyridine rings is 1. The average molecular weight is 438 g/mol. The van der Waals surface area contributed by atoms with Crippen molar-refractivity contribution in [1.82, 2.24) is 20.1 Å². The van der Waals surface area contributed by atoms with Gasteiger partial charge in [-0.3, -0.25) is 14.6 Å². The quantitative estimate of drug-likeness (QED) is 0.478. The maximum absolute atomic E-state index is 13.1. The molecule has 5 rings (SSSR count). The minimum atomic E-state index is -0.270. The monoisotopic (exact) mass is 437 g/mol. The number of anilines is 1. The van der Waals surface area contributed by atoms with Crippen molar-refractivity contribution in [1.29, 1.82) is 0 Å². The molecule has 0 saturated carbocycles. The molecular formula is C26H23N5O2. The van der Waals surface area contributed by atoms with Gasteiger partial charge in [-0.1, -0.05) is 30.3 Å². The largest absolute Gasteiger partial charge is 0.346 e. The molecule has 4 aromatic rings. The van der Waals surface area contributed by atoms with Gasteiger partial charge >= 0.3 is 0 Å². The minimum Gasteiger partial charge on any atom is -0.346 e. The maximum atomic E-state index is 13.1. The van der Waals surface area contributed by atoms with Crippen LogP contribution in [0.25, 0.3) is 5.69 Å². The van der Waals surface area contributed by atoms with Crippen LogP contribution in [0, 0.1) is 0 Å². The van der Waals surface area contributed by atoms with Gasteiger partial charge in [0.2, 0.25) is 0 Å². The third kappa shape index (κ3) is 4.39. The summed E-state index contributed by atoms with van der Waals surface area (Å²) in [6.07, 6.45) is 4.43. The van der Waals surface area contributed by atoms with Gasteiger partial charge in [0.25, 0.3) is 11.8 Å². The van der Waals surface area contributed by atoms with Gasteiger partial charge in [-0.15, -0.1) is 0 Å². The van der Waals surface area contributed by atoms with Gasteiger partial charge in [0, 0.05) is 28.7 Å². The maximum Gasteiger partial charge on any atom is 0.276 e. The van der Waals surface area contributed by atoms with E-state index in [9.17, 15) is 9.59 Å². The lowest BCUT2D eigenvalue weighted by atomic mass is 10.1. The molecule has 1 aliphatic carbocycles. The van der Waals surface area contributed by atoms with E-state index in [-0.39, 0.29) is 11.8 Å². The summed E-state index contributed by atoms with van der Waals surface area (Å²) < 4.78 is 1.87. The fraction of sp³-hybridized carbons (Fsp3) is 0.154. The number of aromatic nitrogens is 3. The van der Waals surface area contributed by atoms with E-state index in [1.165, 1.54) is 0 Å². The highest BCUT2D eigenvalue weighted by molar-refractivity contribution is 6.05. The Morgan fingerprint density at radius 1 is 0.909 bits per heavy atom. The first kappa shape index (κ1) is 20.6. The first-order chi connectivity index (χ1) is 16.2. The van der Waals surface area contributed by atoms with E-state index in [1.807, 2.05) is 53.2 Å². The van der Waals surface area contributed by atoms with E-state index in [1.54, 1.807) is 30.5 Å². The Labute approximate surface area is 191 Å². The lowest BCUT2D eigenvalue weighted by Crippen LogP contribution is -2.23. The molecule has 0 spiro atoms. The van der Waals surface area contributed by atoms with Gasteiger partial charge < -0.3 is 10.6 Å². The van der Waals surface area contributed by atoms with Crippen molar-refractivity contribution in [2.24, 2.45) is 0 Å². The van der Waals surface area contributed by atoms with Crippen molar-refractivity contribution < 1.29 is 9.59 Å². The topological polar surface area (TPSA) is 88.9 Å². The summed E-state index contributed by atoms with van der Waals surface area (Å²) in [5.74, 6) is -0.500. The Morgan fingerprint density at radius 3 is 2.58 bits per heavy atom. The summed E-state index contributed by atoms with van der Waals surface area (Å²) in [7, 11) is 0. The first-order valence-electron chi connectivity index (χ1n) is 10.9. The number of carbonyl (C=O) groups excluding carboxylic acids is 2. The second-order valence-corrected chi connectivity index (χ2v) is 7.91. The highest BCUT2D eigenvalue weighted by Gasteiger charge is 2.27. The summed E-state index contributed by atoms with van der Waals surface area (Å²) in [6, 6.07) is 22.3. The molecule has 0 bridgehead atoms. The van der Waals surface area contributed by atoms with E-state index in [2.05, 4.69) is 20.7 Å². The van der Waals surface area contributed by atoms with Crippen LogP contribution in [0.2, 0.25) is 0 Å². The summed E-state index contributed by atoms with van der Waals surface area (Å²) in [5, 5.41) is 10.4.